The Balaban J connectivity index is 2.02. The second kappa shape index (κ2) is 7.50. The molecule has 2 aromatic rings. The second-order valence-corrected chi connectivity index (χ2v) is 4.44. The first-order chi connectivity index (χ1) is 10.2. The van der Waals surface area contributed by atoms with Crippen LogP contribution in [0.1, 0.15) is 28.6 Å². The number of nitrogens with one attached hydrogen (secondary N) is 1. The molecule has 5 heteroatoms. The van der Waals surface area contributed by atoms with Crippen LogP contribution in [0.5, 0.6) is 5.75 Å². The van der Waals surface area contributed by atoms with Crippen LogP contribution in [0.25, 0.3) is 0 Å². The molecule has 0 unspecified atom stereocenters. The van der Waals surface area contributed by atoms with Gasteiger partial charge in [0.15, 0.2) is 5.76 Å². The van der Waals surface area contributed by atoms with E-state index in [-0.39, 0.29) is 6.61 Å². The molecular formula is C16H19NO4. The van der Waals surface area contributed by atoms with E-state index in [1.807, 2.05) is 31.3 Å². The van der Waals surface area contributed by atoms with Crippen molar-refractivity contribution in [1.29, 1.82) is 0 Å². The zero-order valence-corrected chi connectivity index (χ0v) is 12.2. The zero-order chi connectivity index (χ0) is 15.1. The summed E-state index contributed by atoms with van der Waals surface area (Å²) in [7, 11) is 1.89. The number of carbonyl (C=O) groups is 1. The Hall–Kier alpha value is -2.27. The van der Waals surface area contributed by atoms with E-state index in [1.165, 1.54) is 6.26 Å². The number of rotatable bonds is 7. The van der Waals surface area contributed by atoms with Crippen LogP contribution in [0.4, 0.5) is 0 Å². The molecular weight excluding hydrogens is 270 g/mol. The molecule has 112 valence electrons. The first-order valence-corrected chi connectivity index (χ1v) is 6.84. The van der Waals surface area contributed by atoms with Gasteiger partial charge in [0.25, 0.3) is 0 Å². The summed E-state index contributed by atoms with van der Waals surface area (Å²) in [5.74, 6) is 0.801. The van der Waals surface area contributed by atoms with Crippen molar-refractivity contribution in [2.24, 2.45) is 0 Å². The van der Waals surface area contributed by atoms with Gasteiger partial charge in [-0.3, -0.25) is 0 Å². The zero-order valence-electron chi connectivity index (χ0n) is 12.2. The molecule has 5 nitrogen and oxygen atoms in total. The molecule has 2 rings (SSSR count). The van der Waals surface area contributed by atoms with Crippen molar-refractivity contribution < 1.29 is 18.7 Å². The smallest absolute Gasteiger partial charge is 0.341 e. The standard InChI is InChI=1S/C16H19NO4/c1-3-19-16(18)14-7-8-20-15(14)11-21-13-6-4-5-12(9-13)10-17-2/h4-9,17H,3,10-11H2,1-2H3. The van der Waals surface area contributed by atoms with Crippen LogP contribution in [0, 0.1) is 0 Å². The lowest BCUT2D eigenvalue weighted by molar-refractivity contribution is 0.0521. The Morgan fingerprint density at radius 3 is 2.95 bits per heavy atom. The van der Waals surface area contributed by atoms with Crippen molar-refractivity contribution in [1.82, 2.24) is 5.32 Å². The van der Waals surface area contributed by atoms with Gasteiger partial charge in [-0.1, -0.05) is 12.1 Å². The van der Waals surface area contributed by atoms with Gasteiger partial charge in [0, 0.05) is 6.54 Å². The molecule has 1 N–H and O–H groups in total. The van der Waals surface area contributed by atoms with Crippen LogP contribution in [0.15, 0.2) is 41.0 Å². The Morgan fingerprint density at radius 1 is 1.33 bits per heavy atom. The Morgan fingerprint density at radius 2 is 2.19 bits per heavy atom. The lowest BCUT2D eigenvalue weighted by Crippen LogP contribution is -2.08. The van der Waals surface area contributed by atoms with Crippen LogP contribution in [-0.2, 0) is 17.9 Å². The minimum absolute atomic E-state index is 0.185. The van der Waals surface area contributed by atoms with Gasteiger partial charge in [0.1, 0.15) is 17.9 Å². The Kier molecular flexibility index (Phi) is 5.40. The second-order valence-electron chi connectivity index (χ2n) is 4.44. The highest BCUT2D eigenvalue weighted by Crippen LogP contribution is 2.18. The van der Waals surface area contributed by atoms with Gasteiger partial charge in [-0.05, 0) is 37.7 Å². The molecule has 0 atom stereocenters. The number of hydrogen-bond acceptors (Lipinski definition) is 5. The average molecular weight is 289 g/mol. The van der Waals surface area contributed by atoms with Crippen molar-refractivity contribution in [3.8, 4) is 5.75 Å². The molecule has 0 spiro atoms. The van der Waals surface area contributed by atoms with E-state index in [2.05, 4.69) is 5.32 Å². The predicted octanol–water partition coefficient (Wildman–Crippen LogP) is 2.75. The minimum Gasteiger partial charge on any atom is -0.486 e. The summed E-state index contributed by atoms with van der Waals surface area (Å²) in [6.45, 7) is 3.05. The number of furan rings is 1. The van der Waals surface area contributed by atoms with Gasteiger partial charge < -0.3 is 19.2 Å². The number of carbonyl (C=O) groups excluding carboxylic acids is 1. The first-order valence-electron chi connectivity index (χ1n) is 6.84. The third kappa shape index (κ3) is 4.10. The van der Waals surface area contributed by atoms with Crippen molar-refractivity contribution in [3.05, 3.63) is 53.5 Å². The van der Waals surface area contributed by atoms with Gasteiger partial charge in [-0.2, -0.15) is 0 Å². The lowest BCUT2D eigenvalue weighted by atomic mass is 10.2. The van der Waals surface area contributed by atoms with E-state index in [1.54, 1.807) is 13.0 Å². The van der Waals surface area contributed by atoms with Gasteiger partial charge in [0.2, 0.25) is 0 Å². The van der Waals surface area contributed by atoms with E-state index in [9.17, 15) is 4.79 Å². The summed E-state index contributed by atoms with van der Waals surface area (Å²) < 4.78 is 15.9. The summed E-state index contributed by atoms with van der Waals surface area (Å²) in [5, 5.41) is 3.08. The Labute approximate surface area is 123 Å². The van der Waals surface area contributed by atoms with Crippen molar-refractivity contribution >= 4 is 5.97 Å². The monoisotopic (exact) mass is 289 g/mol. The third-order valence-corrected chi connectivity index (χ3v) is 2.89. The average Bonchev–Trinajstić information content (AvgIpc) is 2.95. The molecule has 0 radical (unpaired) electrons. The maximum Gasteiger partial charge on any atom is 0.341 e. The summed E-state index contributed by atoms with van der Waals surface area (Å²) in [4.78, 5) is 11.7. The van der Waals surface area contributed by atoms with Gasteiger partial charge in [-0.15, -0.1) is 0 Å². The minimum atomic E-state index is -0.395. The molecule has 1 heterocycles. The molecule has 1 aromatic carbocycles. The van der Waals surface area contributed by atoms with E-state index >= 15 is 0 Å². The molecule has 0 amide bonds. The highest BCUT2D eigenvalue weighted by Gasteiger charge is 2.16. The fourth-order valence-corrected chi connectivity index (χ4v) is 1.94. The van der Waals surface area contributed by atoms with Crippen LogP contribution >= 0.6 is 0 Å². The SMILES string of the molecule is CCOC(=O)c1ccoc1COc1cccc(CNC)c1. The molecule has 0 bridgehead atoms. The van der Waals surface area contributed by atoms with Gasteiger partial charge in [-0.25, -0.2) is 4.79 Å². The van der Waals surface area contributed by atoms with E-state index < -0.39 is 5.97 Å². The highest BCUT2D eigenvalue weighted by molar-refractivity contribution is 5.90. The molecule has 0 fully saturated rings. The largest absolute Gasteiger partial charge is 0.486 e. The molecule has 0 saturated carbocycles. The predicted molar refractivity (Wildman–Crippen MR) is 78.2 cm³/mol. The maximum atomic E-state index is 11.7. The fourth-order valence-electron chi connectivity index (χ4n) is 1.94. The summed E-state index contributed by atoms with van der Waals surface area (Å²) in [6.07, 6.45) is 1.46. The number of hydrogen-bond donors (Lipinski definition) is 1. The Bertz CT molecular complexity index is 591. The van der Waals surface area contributed by atoms with E-state index in [4.69, 9.17) is 13.9 Å². The highest BCUT2D eigenvalue weighted by atomic mass is 16.5. The number of ether oxygens (including phenoxy) is 2. The van der Waals surface area contributed by atoms with Gasteiger partial charge in [0.05, 0.1) is 12.9 Å². The first kappa shape index (κ1) is 15.1. The van der Waals surface area contributed by atoms with E-state index in [0.29, 0.717) is 17.9 Å². The normalized spacial score (nSPS) is 10.4. The number of benzene rings is 1. The molecule has 21 heavy (non-hydrogen) atoms. The molecule has 0 aliphatic rings. The van der Waals surface area contributed by atoms with Crippen molar-refractivity contribution in [2.75, 3.05) is 13.7 Å². The summed E-state index contributed by atoms with van der Waals surface area (Å²) in [5.41, 5.74) is 1.53. The molecule has 0 saturated heterocycles. The fraction of sp³-hybridized carbons (Fsp3) is 0.312. The summed E-state index contributed by atoms with van der Waals surface area (Å²) in [6, 6.07) is 9.35. The summed E-state index contributed by atoms with van der Waals surface area (Å²) >= 11 is 0. The topological polar surface area (TPSA) is 60.7 Å². The molecule has 0 aliphatic heterocycles. The van der Waals surface area contributed by atoms with E-state index in [0.717, 1.165) is 17.9 Å². The van der Waals surface area contributed by atoms with Crippen LogP contribution < -0.4 is 10.1 Å². The van der Waals surface area contributed by atoms with Crippen LogP contribution in [-0.4, -0.2) is 19.6 Å². The van der Waals surface area contributed by atoms with Crippen LogP contribution in [0.3, 0.4) is 0 Å². The number of esters is 1. The molecule has 0 aliphatic carbocycles. The molecule has 1 aromatic heterocycles. The van der Waals surface area contributed by atoms with Gasteiger partial charge >= 0.3 is 5.97 Å². The van der Waals surface area contributed by atoms with Crippen LogP contribution in [0.2, 0.25) is 0 Å². The van der Waals surface area contributed by atoms with Crippen molar-refractivity contribution in [3.63, 3.8) is 0 Å². The lowest BCUT2D eigenvalue weighted by Gasteiger charge is -2.08. The maximum absolute atomic E-state index is 11.7. The quantitative estimate of drug-likeness (QED) is 0.794. The third-order valence-electron chi connectivity index (χ3n) is 2.89. The van der Waals surface area contributed by atoms with Crippen molar-refractivity contribution in [2.45, 2.75) is 20.1 Å².